The zero-order valence-corrected chi connectivity index (χ0v) is 10.1. The molecule has 1 aliphatic rings. The number of nitrogens with one attached hydrogen (secondary N) is 1. The summed E-state index contributed by atoms with van der Waals surface area (Å²) in [5, 5.41) is 3.17. The van der Waals surface area contributed by atoms with E-state index in [0.717, 1.165) is 18.9 Å². The second-order valence-electron chi connectivity index (χ2n) is 3.61. The number of aromatic nitrogens is 2. The summed E-state index contributed by atoms with van der Waals surface area (Å²) in [6, 6.07) is 0. The van der Waals surface area contributed by atoms with Crippen LogP contribution >= 0.6 is 0 Å². The summed E-state index contributed by atoms with van der Waals surface area (Å²) in [5.41, 5.74) is 0.889. The zero-order valence-electron chi connectivity index (χ0n) is 10.1. The number of rotatable bonds is 3. The van der Waals surface area contributed by atoms with Gasteiger partial charge in [-0.2, -0.15) is 0 Å². The smallest absolute Gasteiger partial charge is 0.345 e. The average molecular weight is 236 g/mol. The van der Waals surface area contributed by atoms with Crippen molar-refractivity contribution in [1.82, 2.24) is 9.55 Å². The summed E-state index contributed by atoms with van der Waals surface area (Å²) in [5.74, 6) is 0.386. The summed E-state index contributed by atoms with van der Waals surface area (Å²) < 4.78 is 6.95. The van der Waals surface area contributed by atoms with Crippen molar-refractivity contribution < 1.29 is 9.53 Å². The summed E-state index contributed by atoms with van der Waals surface area (Å²) in [7, 11) is 0. The Balaban J connectivity index is 2.56. The zero-order chi connectivity index (χ0) is 12.3. The van der Waals surface area contributed by atoms with Crippen LogP contribution in [-0.2, 0) is 11.3 Å². The first-order chi connectivity index (χ1) is 8.27. The number of carbonyl (C=O) groups excluding carboxylic acids is 1. The van der Waals surface area contributed by atoms with Crippen LogP contribution in [0.4, 0.5) is 5.82 Å². The number of hydrogen-bond acceptors (Lipinski definition) is 5. The van der Waals surface area contributed by atoms with Gasteiger partial charge in [-0.15, -0.1) is 0 Å². The Hall–Kier alpha value is -1.85. The molecule has 6 nitrogen and oxygen atoms in total. The van der Waals surface area contributed by atoms with Crippen molar-refractivity contribution in [3.63, 3.8) is 0 Å². The lowest BCUT2D eigenvalue weighted by Crippen LogP contribution is -2.24. The summed E-state index contributed by atoms with van der Waals surface area (Å²) in [6.07, 6.45) is 1.70. The molecule has 0 amide bonds. The van der Waals surface area contributed by atoms with E-state index < -0.39 is 0 Å². The Morgan fingerprint density at radius 1 is 1.65 bits per heavy atom. The van der Waals surface area contributed by atoms with Crippen LogP contribution in [0.25, 0.3) is 0 Å². The lowest BCUT2D eigenvalue weighted by molar-refractivity contribution is 0.0524. The number of esters is 1. The maximum Gasteiger partial charge on any atom is 0.345 e. The molecule has 0 unspecified atom stereocenters. The Bertz CT molecular complexity index is 493. The molecule has 0 radical (unpaired) electrons. The van der Waals surface area contributed by atoms with Crippen molar-refractivity contribution in [1.29, 1.82) is 0 Å². The van der Waals surface area contributed by atoms with E-state index >= 15 is 0 Å². The first kappa shape index (κ1) is 11.6. The molecule has 0 bridgehead atoms. The van der Waals surface area contributed by atoms with Gasteiger partial charge in [-0.3, -0.25) is 4.99 Å². The van der Waals surface area contributed by atoms with Crippen LogP contribution in [0, 0.1) is 0 Å². The highest BCUT2D eigenvalue weighted by molar-refractivity contribution is 5.94. The largest absolute Gasteiger partial charge is 0.462 e. The van der Waals surface area contributed by atoms with Crippen molar-refractivity contribution in [2.75, 3.05) is 25.0 Å². The van der Waals surface area contributed by atoms with Crippen molar-refractivity contribution >= 4 is 11.8 Å². The number of carbonyl (C=O) groups is 1. The second kappa shape index (κ2) is 4.99. The molecule has 1 aromatic heterocycles. The molecule has 0 fully saturated rings. The van der Waals surface area contributed by atoms with Crippen LogP contribution < -0.4 is 10.8 Å². The fourth-order valence-electron chi connectivity index (χ4n) is 1.81. The average Bonchev–Trinajstić information content (AvgIpc) is 2.77. The van der Waals surface area contributed by atoms with Gasteiger partial charge in [-0.05, 0) is 13.8 Å². The molecule has 1 aromatic rings. The summed E-state index contributed by atoms with van der Waals surface area (Å²) >= 11 is 0. The van der Waals surface area contributed by atoms with Crippen LogP contribution in [0.1, 0.15) is 24.2 Å². The van der Waals surface area contributed by atoms with Gasteiger partial charge in [0.2, 0.25) is 0 Å². The van der Waals surface area contributed by atoms with Gasteiger partial charge in [-0.1, -0.05) is 0 Å². The summed E-state index contributed by atoms with van der Waals surface area (Å²) in [6.45, 7) is 6.22. The third-order valence-corrected chi connectivity index (χ3v) is 2.50. The van der Waals surface area contributed by atoms with Crippen LogP contribution in [0.3, 0.4) is 0 Å². The molecule has 6 heteroatoms. The van der Waals surface area contributed by atoms with Crippen molar-refractivity contribution in [3.05, 3.63) is 17.4 Å². The van der Waals surface area contributed by atoms with Gasteiger partial charge in [0, 0.05) is 19.6 Å². The first-order valence-electron chi connectivity index (χ1n) is 5.78. The van der Waals surface area contributed by atoms with Gasteiger partial charge in [0.05, 0.1) is 12.9 Å². The minimum Gasteiger partial charge on any atom is -0.462 e. The SMILES string of the molecule is CCN=c1ncn2c(c1C(=O)OCC)NCC2. The predicted octanol–water partition coefficient (Wildman–Crippen LogP) is 0.406. The minimum absolute atomic E-state index is 0.346. The van der Waals surface area contributed by atoms with E-state index in [4.69, 9.17) is 4.74 Å². The van der Waals surface area contributed by atoms with Gasteiger partial charge in [0.1, 0.15) is 11.4 Å². The number of nitrogens with zero attached hydrogens (tertiary/aromatic N) is 3. The van der Waals surface area contributed by atoms with E-state index in [1.807, 2.05) is 11.5 Å². The van der Waals surface area contributed by atoms with Gasteiger partial charge in [0.15, 0.2) is 5.49 Å². The van der Waals surface area contributed by atoms with E-state index in [2.05, 4.69) is 15.3 Å². The molecule has 0 atom stereocenters. The van der Waals surface area contributed by atoms with E-state index in [0.29, 0.717) is 24.2 Å². The third-order valence-electron chi connectivity index (χ3n) is 2.50. The highest BCUT2D eigenvalue weighted by Gasteiger charge is 2.22. The number of ether oxygens (including phenoxy) is 1. The normalized spacial score (nSPS) is 14.4. The van der Waals surface area contributed by atoms with Crippen molar-refractivity contribution in [2.45, 2.75) is 20.4 Å². The van der Waals surface area contributed by atoms with Gasteiger partial charge in [-0.25, -0.2) is 9.78 Å². The van der Waals surface area contributed by atoms with E-state index in [1.165, 1.54) is 0 Å². The molecule has 0 aliphatic carbocycles. The molecule has 2 heterocycles. The quantitative estimate of drug-likeness (QED) is 0.772. The van der Waals surface area contributed by atoms with Crippen LogP contribution in [-0.4, -0.2) is 35.2 Å². The molecule has 2 rings (SSSR count). The monoisotopic (exact) mass is 236 g/mol. The molecule has 0 aromatic carbocycles. The topological polar surface area (TPSA) is 68.5 Å². The van der Waals surface area contributed by atoms with Crippen LogP contribution in [0.2, 0.25) is 0 Å². The van der Waals surface area contributed by atoms with E-state index in [1.54, 1.807) is 13.3 Å². The Morgan fingerprint density at radius 3 is 3.18 bits per heavy atom. The van der Waals surface area contributed by atoms with Crippen LogP contribution in [0.15, 0.2) is 11.3 Å². The van der Waals surface area contributed by atoms with Gasteiger partial charge >= 0.3 is 5.97 Å². The Labute approximate surface area is 99.3 Å². The number of fused-ring (bicyclic) bond motifs is 1. The lowest BCUT2D eigenvalue weighted by atomic mass is 10.3. The predicted molar refractivity (Wildman–Crippen MR) is 62.8 cm³/mol. The lowest BCUT2D eigenvalue weighted by Gasteiger charge is -2.09. The standard InChI is InChI=1S/C11H16N4O2/c1-3-12-9-8(11(16)17-4-2)10-13-5-6-15(10)7-14-9/h7,13H,3-6H2,1-2H3. The maximum atomic E-state index is 11.9. The van der Waals surface area contributed by atoms with Gasteiger partial charge < -0.3 is 14.6 Å². The Morgan fingerprint density at radius 2 is 2.47 bits per heavy atom. The number of hydrogen-bond donors (Lipinski definition) is 1. The Kier molecular flexibility index (Phi) is 3.41. The van der Waals surface area contributed by atoms with Crippen molar-refractivity contribution in [3.8, 4) is 0 Å². The fourth-order valence-corrected chi connectivity index (χ4v) is 1.81. The van der Waals surface area contributed by atoms with E-state index in [9.17, 15) is 4.79 Å². The molecular formula is C11H16N4O2. The molecule has 1 aliphatic heterocycles. The molecule has 0 saturated carbocycles. The highest BCUT2D eigenvalue weighted by Crippen LogP contribution is 2.16. The van der Waals surface area contributed by atoms with Crippen LogP contribution in [0.5, 0.6) is 0 Å². The number of anilines is 1. The molecular weight excluding hydrogens is 220 g/mol. The molecule has 17 heavy (non-hydrogen) atoms. The minimum atomic E-state index is -0.369. The fraction of sp³-hybridized carbons (Fsp3) is 0.545. The molecule has 0 saturated heterocycles. The second-order valence-corrected chi connectivity index (χ2v) is 3.61. The molecule has 92 valence electrons. The van der Waals surface area contributed by atoms with Gasteiger partial charge in [0.25, 0.3) is 0 Å². The van der Waals surface area contributed by atoms with E-state index in [-0.39, 0.29) is 5.97 Å². The first-order valence-corrected chi connectivity index (χ1v) is 5.78. The third kappa shape index (κ3) is 2.15. The maximum absolute atomic E-state index is 11.9. The van der Waals surface area contributed by atoms with Crippen molar-refractivity contribution in [2.24, 2.45) is 4.99 Å². The molecule has 1 N–H and O–H groups in total. The highest BCUT2D eigenvalue weighted by atomic mass is 16.5. The molecule has 0 spiro atoms. The summed E-state index contributed by atoms with van der Waals surface area (Å²) in [4.78, 5) is 20.3.